The van der Waals surface area contributed by atoms with Crippen molar-refractivity contribution in [3.63, 3.8) is 0 Å². The SMILES string of the molecule is CNCCC=Cc1nc(C(F)(F)F)cs1. The van der Waals surface area contributed by atoms with Gasteiger partial charge in [0, 0.05) is 5.38 Å². The van der Waals surface area contributed by atoms with Crippen molar-refractivity contribution < 1.29 is 13.2 Å². The molecule has 0 fully saturated rings. The Kier molecular flexibility index (Phi) is 4.28. The monoisotopic (exact) mass is 236 g/mol. The predicted octanol–water partition coefficient (Wildman–Crippen LogP) is 2.78. The van der Waals surface area contributed by atoms with Gasteiger partial charge in [-0.25, -0.2) is 4.98 Å². The first-order chi connectivity index (χ1) is 7.04. The fourth-order valence-corrected chi connectivity index (χ4v) is 1.65. The molecule has 0 spiro atoms. The van der Waals surface area contributed by atoms with Crippen LogP contribution in [0.4, 0.5) is 13.2 Å². The van der Waals surface area contributed by atoms with Crippen molar-refractivity contribution >= 4 is 17.4 Å². The van der Waals surface area contributed by atoms with Crippen LogP contribution in [0.5, 0.6) is 0 Å². The molecule has 0 bridgehead atoms. The van der Waals surface area contributed by atoms with E-state index in [-0.39, 0.29) is 0 Å². The second kappa shape index (κ2) is 5.27. The van der Waals surface area contributed by atoms with Gasteiger partial charge in [-0.3, -0.25) is 0 Å². The normalized spacial score (nSPS) is 12.5. The number of hydrogen-bond acceptors (Lipinski definition) is 3. The van der Waals surface area contributed by atoms with E-state index in [4.69, 9.17) is 0 Å². The lowest BCUT2D eigenvalue weighted by atomic mass is 10.4. The van der Waals surface area contributed by atoms with Crippen LogP contribution in [0.25, 0.3) is 6.08 Å². The molecule has 0 radical (unpaired) electrons. The van der Waals surface area contributed by atoms with Crippen LogP contribution in [0.3, 0.4) is 0 Å². The summed E-state index contributed by atoms with van der Waals surface area (Å²) in [5.74, 6) is 0. The molecule has 0 saturated carbocycles. The summed E-state index contributed by atoms with van der Waals surface area (Å²) in [6.45, 7) is 0.800. The summed E-state index contributed by atoms with van der Waals surface area (Å²) < 4.78 is 36.5. The fraction of sp³-hybridized carbons (Fsp3) is 0.444. The zero-order valence-corrected chi connectivity index (χ0v) is 8.95. The van der Waals surface area contributed by atoms with Crippen molar-refractivity contribution in [2.45, 2.75) is 12.6 Å². The van der Waals surface area contributed by atoms with Crippen LogP contribution in [0.2, 0.25) is 0 Å². The van der Waals surface area contributed by atoms with Gasteiger partial charge in [0.1, 0.15) is 5.01 Å². The summed E-state index contributed by atoms with van der Waals surface area (Å²) in [6.07, 6.45) is -0.155. The lowest BCUT2D eigenvalue weighted by Gasteiger charge is -1.99. The number of hydrogen-bond donors (Lipinski definition) is 1. The molecule has 0 aliphatic rings. The van der Waals surface area contributed by atoms with Gasteiger partial charge >= 0.3 is 6.18 Å². The zero-order valence-electron chi connectivity index (χ0n) is 8.14. The molecule has 1 rings (SSSR count). The lowest BCUT2D eigenvalue weighted by molar-refractivity contribution is -0.140. The average Bonchev–Trinajstić information content (AvgIpc) is 2.60. The lowest BCUT2D eigenvalue weighted by Crippen LogP contribution is -2.05. The van der Waals surface area contributed by atoms with E-state index in [2.05, 4.69) is 10.3 Å². The van der Waals surface area contributed by atoms with E-state index in [0.717, 1.165) is 29.7 Å². The molecule has 0 saturated heterocycles. The van der Waals surface area contributed by atoms with Crippen LogP contribution in [-0.2, 0) is 6.18 Å². The Balaban J connectivity index is 2.57. The average molecular weight is 236 g/mol. The molecule has 15 heavy (non-hydrogen) atoms. The molecule has 0 unspecified atom stereocenters. The number of nitrogens with one attached hydrogen (secondary N) is 1. The minimum Gasteiger partial charge on any atom is -0.319 e. The molecule has 0 aromatic carbocycles. The van der Waals surface area contributed by atoms with Gasteiger partial charge in [0.2, 0.25) is 0 Å². The Hall–Kier alpha value is -0.880. The van der Waals surface area contributed by atoms with E-state index < -0.39 is 11.9 Å². The van der Waals surface area contributed by atoms with Crippen LogP contribution in [0, 0.1) is 0 Å². The Morgan fingerprint density at radius 1 is 1.53 bits per heavy atom. The first kappa shape index (κ1) is 12.2. The van der Waals surface area contributed by atoms with Gasteiger partial charge in [-0.15, -0.1) is 11.3 Å². The van der Waals surface area contributed by atoms with E-state index in [1.807, 2.05) is 7.05 Å². The maximum absolute atomic E-state index is 12.2. The second-order valence-electron chi connectivity index (χ2n) is 2.86. The predicted molar refractivity (Wildman–Crippen MR) is 54.7 cm³/mol. The molecule has 84 valence electrons. The number of halogens is 3. The largest absolute Gasteiger partial charge is 0.434 e. The quantitative estimate of drug-likeness (QED) is 0.813. The summed E-state index contributed by atoms with van der Waals surface area (Å²) in [5, 5.41) is 4.35. The number of aromatic nitrogens is 1. The minimum absolute atomic E-state index is 0.387. The topological polar surface area (TPSA) is 24.9 Å². The fourth-order valence-electron chi connectivity index (χ4n) is 0.906. The highest BCUT2D eigenvalue weighted by Gasteiger charge is 2.33. The van der Waals surface area contributed by atoms with E-state index in [1.165, 1.54) is 0 Å². The molecule has 2 nitrogen and oxygen atoms in total. The summed E-state index contributed by atoms with van der Waals surface area (Å²) in [7, 11) is 1.82. The van der Waals surface area contributed by atoms with Crippen LogP contribution in [-0.4, -0.2) is 18.6 Å². The smallest absolute Gasteiger partial charge is 0.319 e. The Morgan fingerprint density at radius 2 is 2.27 bits per heavy atom. The minimum atomic E-state index is -4.34. The third kappa shape index (κ3) is 4.01. The first-order valence-corrected chi connectivity index (χ1v) is 5.26. The molecule has 0 amide bonds. The van der Waals surface area contributed by atoms with E-state index in [1.54, 1.807) is 12.2 Å². The van der Waals surface area contributed by atoms with E-state index in [0.29, 0.717) is 5.01 Å². The molecule has 0 aliphatic heterocycles. The number of rotatable bonds is 4. The van der Waals surface area contributed by atoms with Gasteiger partial charge < -0.3 is 5.32 Å². The summed E-state index contributed by atoms with van der Waals surface area (Å²) in [6, 6.07) is 0. The number of thiazole rings is 1. The maximum atomic E-state index is 12.2. The van der Waals surface area contributed by atoms with Crippen molar-refractivity contribution in [1.82, 2.24) is 10.3 Å². The molecule has 1 aromatic rings. The van der Waals surface area contributed by atoms with Crippen molar-refractivity contribution in [2.75, 3.05) is 13.6 Å². The summed E-state index contributed by atoms with van der Waals surface area (Å²) >= 11 is 0.996. The van der Waals surface area contributed by atoms with Crippen molar-refractivity contribution in [3.05, 3.63) is 22.2 Å². The van der Waals surface area contributed by atoms with Gasteiger partial charge in [-0.05, 0) is 26.1 Å². The van der Waals surface area contributed by atoms with Crippen molar-refractivity contribution in [1.29, 1.82) is 0 Å². The van der Waals surface area contributed by atoms with Gasteiger partial charge in [0.15, 0.2) is 5.69 Å². The van der Waals surface area contributed by atoms with Crippen LogP contribution in [0.1, 0.15) is 17.1 Å². The van der Waals surface area contributed by atoms with Gasteiger partial charge in [0.25, 0.3) is 0 Å². The highest BCUT2D eigenvalue weighted by Crippen LogP contribution is 2.30. The van der Waals surface area contributed by atoms with Gasteiger partial charge in [-0.2, -0.15) is 13.2 Å². The van der Waals surface area contributed by atoms with Crippen LogP contribution in [0.15, 0.2) is 11.5 Å². The third-order valence-corrected chi connectivity index (χ3v) is 2.44. The van der Waals surface area contributed by atoms with E-state index in [9.17, 15) is 13.2 Å². The van der Waals surface area contributed by atoms with Crippen LogP contribution < -0.4 is 5.32 Å². The summed E-state index contributed by atoms with van der Waals surface area (Å²) in [5.41, 5.74) is -0.819. The molecule has 0 atom stereocenters. The van der Waals surface area contributed by atoms with Gasteiger partial charge in [-0.1, -0.05) is 6.08 Å². The summed E-state index contributed by atoms with van der Waals surface area (Å²) in [4.78, 5) is 3.47. The molecule has 0 aliphatic carbocycles. The van der Waals surface area contributed by atoms with Crippen LogP contribution >= 0.6 is 11.3 Å². The highest BCUT2D eigenvalue weighted by atomic mass is 32.1. The molecule has 1 aromatic heterocycles. The Bertz CT molecular complexity index is 330. The van der Waals surface area contributed by atoms with Gasteiger partial charge in [0.05, 0.1) is 0 Å². The first-order valence-electron chi connectivity index (χ1n) is 4.38. The molecule has 6 heteroatoms. The Labute approximate surface area is 89.8 Å². The van der Waals surface area contributed by atoms with Crippen molar-refractivity contribution in [3.8, 4) is 0 Å². The molecular weight excluding hydrogens is 225 g/mol. The van der Waals surface area contributed by atoms with Crippen molar-refractivity contribution in [2.24, 2.45) is 0 Å². The zero-order chi connectivity index (χ0) is 11.3. The standard InChI is InChI=1S/C9H11F3N2S/c1-13-5-3-2-4-8-14-7(6-15-8)9(10,11)12/h2,4,6,13H,3,5H2,1H3. The number of alkyl halides is 3. The highest BCUT2D eigenvalue weighted by molar-refractivity contribution is 7.10. The second-order valence-corrected chi connectivity index (χ2v) is 3.75. The van der Waals surface area contributed by atoms with E-state index >= 15 is 0 Å². The third-order valence-electron chi connectivity index (χ3n) is 1.63. The number of nitrogens with zero attached hydrogens (tertiary/aromatic N) is 1. The molecule has 1 heterocycles. The molecule has 1 N–H and O–H groups in total. The molecular formula is C9H11F3N2S. The maximum Gasteiger partial charge on any atom is 0.434 e. The Morgan fingerprint density at radius 3 is 2.80 bits per heavy atom.